The van der Waals surface area contributed by atoms with Crippen molar-refractivity contribution >= 4 is 0 Å². The van der Waals surface area contributed by atoms with Crippen LogP contribution >= 0.6 is 0 Å². The van der Waals surface area contributed by atoms with Gasteiger partial charge in [0.05, 0.1) is 6.61 Å². The van der Waals surface area contributed by atoms with Crippen molar-refractivity contribution in [3.05, 3.63) is 53.9 Å². The fourth-order valence-corrected chi connectivity index (χ4v) is 3.29. The van der Waals surface area contributed by atoms with Gasteiger partial charge in [0, 0.05) is 12.4 Å². The van der Waals surface area contributed by atoms with Crippen LogP contribution in [-0.4, -0.2) is 67.6 Å². The lowest BCUT2D eigenvalue weighted by molar-refractivity contribution is -0.250. The summed E-state index contributed by atoms with van der Waals surface area (Å²) in [6.07, 6.45) is -4.49. The minimum atomic E-state index is -1.52. The van der Waals surface area contributed by atoms with Crippen molar-refractivity contribution in [3.8, 4) is 11.1 Å². The van der Waals surface area contributed by atoms with Gasteiger partial charge in [0.15, 0.2) is 0 Å². The van der Waals surface area contributed by atoms with Crippen molar-refractivity contribution in [1.82, 2.24) is 4.98 Å². The van der Waals surface area contributed by atoms with Crippen LogP contribution in [0.3, 0.4) is 0 Å². The van der Waals surface area contributed by atoms with E-state index in [1.54, 1.807) is 18.5 Å². The Morgan fingerprint density at radius 3 is 2.46 bits per heavy atom. The number of ether oxygens (including phenoxy) is 1. The molecule has 1 aliphatic heterocycles. The van der Waals surface area contributed by atoms with Gasteiger partial charge < -0.3 is 30.3 Å². The third kappa shape index (κ3) is 3.50. The van der Waals surface area contributed by atoms with E-state index in [9.17, 15) is 25.5 Å². The number of hydrogen-bond donors (Lipinski definition) is 5. The Kier molecular flexibility index (Phi) is 5.67. The van der Waals surface area contributed by atoms with Gasteiger partial charge in [0.2, 0.25) is 0 Å². The molecule has 7 nitrogen and oxygen atoms in total. The van der Waals surface area contributed by atoms with E-state index in [1.807, 2.05) is 31.2 Å². The average molecular weight is 361 g/mol. The molecule has 0 amide bonds. The summed E-state index contributed by atoms with van der Waals surface area (Å²) in [7, 11) is 0. The molecule has 1 aromatic carbocycles. The van der Waals surface area contributed by atoms with E-state index >= 15 is 0 Å². The lowest BCUT2D eigenvalue weighted by atomic mass is 9.88. The molecule has 0 saturated carbocycles. The first-order valence-corrected chi connectivity index (χ1v) is 8.43. The molecule has 3 rings (SSSR count). The number of benzene rings is 1. The maximum absolute atomic E-state index is 10.7. The van der Waals surface area contributed by atoms with Crippen molar-refractivity contribution < 1.29 is 30.3 Å². The molecule has 1 aromatic heterocycles. The number of nitrogens with zero attached hydrogens (tertiary/aromatic N) is 1. The number of pyridine rings is 1. The molecule has 0 radical (unpaired) electrons. The van der Waals surface area contributed by atoms with Crippen molar-refractivity contribution in [2.45, 2.75) is 43.5 Å². The van der Waals surface area contributed by atoms with Crippen LogP contribution in [0.4, 0.5) is 0 Å². The van der Waals surface area contributed by atoms with E-state index in [4.69, 9.17) is 4.74 Å². The highest BCUT2D eigenvalue weighted by Crippen LogP contribution is 2.33. The number of aromatic nitrogens is 1. The zero-order valence-corrected chi connectivity index (χ0v) is 14.3. The van der Waals surface area contributed by atoms with Crippen molar-refractivity contribution in [3.63, 3.8) is 0 Å². The van der Waals surface area contributed by atoms with Crippen LogP contribution < -0.4 is 0 Å². The molecule has 0 aliphatic carbocycles. The summed E-state index contributed by atoms with van der Waals surface area (Å²) in [4.78, 5) is 4.09. The van der Waals surface area contributed by atoms with Gasteiger partial charge >= 0.3 is 0 Å². The predicted octanol–water partition coefficient (Wildman–Crippen LogP) is -0.0672. The maximum Gasteiger partial charge on any atom is 0.117 e. The average Bonchev–Trinajstić information content (AvgIpc) is 2.66. The molecule has 0 spiro atoms. The quantitative estimate of drug-likeness (QED) is 0.517. The summed E-state index contributed by atoms with van der Waals surface area (Å²) in [6, 6.07) is 9.20. The van der Waals surface area contributed by atoms with Crippen molar-refractivity contribution in [2.24, 2.45) is 0 Å². The van der Waals surface area contributed by atoms with Gasteiger partial charge in [-0.15, -0.1) is 0 Å². The molecule has 6 atom stereocenters. The van der Waals surface area contributed by atoms with Gasteiger partial charge in [-0.05, 0) is 35.2 Å². The Bertz CT molecular complexity index is 738. The summed E-state index contributed by atoms with van der Waals surface area (Å²) in [6.45, 7) is 1.29. The molecule has 2 heterocycles. The fraction of sp³-hybridized carbons (Fsp3) is 0.421. The summed E-state index contributed by atoms with van der Waals surface area (Å²) in [5.41, 5.74) is 3.17. The first-order chi connectivity index (χ1) is 12.4. The Balaban J connectivity index is 1.86. The summed E-state index contributed by atoms with van der Waals surface area (Å²) < 4.78 is 5.45. The van der Waals surface area contributed by atoms with E-state index in [0.29, 0.717) is 5.56 Å². The van der Waals surface area contributed by atoms with Gasteiger partial charge in [0.25, 0.3) is 0 Å². The molecule has 140 valence electrons. The monoisotopic (exact) mass is 361 g/mol. The number of hydrogen-bond acceptors (Lipinski definition) is 7. The molecule has 1 aliphatic rings. The SMILES string of the molecule is Cc1cc(-c2cccnc2)ccc1[C@@H](O)C1OC(CO)C(O)C(O)C1O. The minimum absolute atomic E-state index is 0.530. The number of aliphatic hydroxyl groups excluding tert-OH is 5. The second kappa shape index (κ2) is 7.79. The van der Waals surface area contributed by atoms with Crippen LogP contribution in [0.1, 0.15) is 17.2 Å². The second-order valence-corrected chi connectivity index (χ2v) is 6.55. The van der Waals surface area contributed by atoms with E-state index in [0.717, 1.165) is 16.7 Å². The van der Waals surface area contributed by atoms with E-state index in [1.165, 1.54) is 0 Å². The fourth-order valence-electron chi connectivity index (χ4n) is 3.29. The first kappa shape index (κ1) is 18.9. The van der Waals surface area contributed by atoms with Gasteiger partial charge in [-0.2, -0.15) is 0 Å². The molecule has 5 unspecified atom stereocenters. The Labute approximate surface area is 151 Å². The van der Waals surface area contributed by atoms with E-state index in [-0.39, 0.29) is 0 Å². The Morgan fingerprint density at radius 2 is 1.85 bits per heavy atom. The molecule has 1 fully saturated rings. The molecule has 2 aromatic rings. The third-order valence-corrected chi connectivity index (χ3v) is 4.82. The zero-order chi connectivity index (χ0) is 18.8. The molecular formula is C19H23NO6. The van der Waals surface area contributed by atoms with Crippen LogP contribution in [0.2, 0.25) is 0 Å². The summed E-state index contributed by atoms with van der Waals surface area (Å²) in [5, 5.41) is 50.0. The highest BCUT2D eigenvalue weighted by atomic mass is 16.6. The minimum Gasteiger partial charge on any atom is -0.394 e. The normalized spacial score (nSPS) is 30.2. The van der Waals surface area contributed by atoms with E-state index in [2.05, 4.69) is 4.98 Å². The van der Waals surface area contributed by atoms with Crippen LogP contribution in [0.25, 0.3) is 11.1 Å². The molecule has 1 saturated heterocycles. The summed E-state index contributed by atoms with van der Waals surface area (Å²) >= 11 is 0. The highest BCUT2D eigenvalue weighted by molar-refractivity contribution is 5.64. The topological polar surface area (TPSA) is 123 Å². The van der Waals surface area contributed by atoms with Crippen LogP contribution in [-0.2, 0) is 4.74 Å². The van der Waals surface area contributed by atoms with Gasteiger partial charge in [-0.1, -0.05) is 24.3 Å². The van der Waals surface area contributed by atoms with Crippen LogP contribution in [0.5, 0.6) is 0 Å². The molecule has 26 heavy (non-hydrogen) atoms. The zero-order valence-electron chi connectivity index (χ0n) is 14.3. The molecular weight excluding hydrogens is 338 g/mol. The van der Waals surface area contributed by atoms with Crippen molar-refractivity contribution in [2.75, 3.05) is 6.61 Å². The van der Waals surface area contributed by atoms with Crippen molar-refractivity contribution in [1.29, 1.82) is 0 Å². The smallest absolute Gasteiger partial charge is 0.117 e. The lowest BCUT2D eigenvalue weighted by Gasteiger charge is -2.42. The lowest BCUT2D eigenvalue weighted by Crippen LogP contribution is -2.59. The maximum atomic E-state index is 10.7. The number of rotatable bonds is 4. The summed E-state index contributed by atoms with van der Waals surface area (Å²) in [5.74, 6) is 0. The number of aliphatic hydroxyl groups is 5. The van der Waals surface area contributed by atoms with E-state index < -0.39 is 43.2 Å². The second-order valence-electron chi connectivity index (χ2n) is 6.55. The molecule has 7 heteroatoms. The number of aryl methyl sites for hydroxylation is 1. The van der Waals surface area contributed by atoms with Gasteiger partial charge in [-0.25, -0.2) is 0 Å². The van der Waals surface area contributed by atoms with Crippen LogP contribution in [0, 0.1) is 6.92 Å². The third-order valence-electron chi connectivity index (χ3n) is 4.82. The Hall–Kier alpha value is -1.87. The van der Waals surface area contributed by atoms with Gasteiger partial charge in [-0.3, -0.25) is 4.98 Å². The highest BCUT2D eigenvalue weighted by Gasteiger charge is 2.46. The molecule has 5 N–H and O–H groups in total. The largest absolute Gasteiger partial charge is 0.394 e. The first-order valence-electron chi connectivity index (χ1n) is 8.43. The van der Waals surface area contributed by atoms with Gasteiger partial charge in [0.1, 0.15) is 36.6 Å². The Morgan fingerprint density at radius 1 is 1.08 bits per heavy atom. The predicted molar refractivity (Wildman–Crippen MR) is 93.1 cm³/mol. The molecule has 0 bridgehead atoms. The van der Waals surface area contributed by atoms with Crippen LogP contribution in [0.15, 0.2) is 42.7 Å². The standard InChI is InChI=1S/C19H23NO6/c1-10-7-11(12-3-2-6-20-8-12)4-5-13(10)15(22)19-18(25)17(24)16(23)14(9-21)26-19/h2-8,14-19,21-25H,9H2,1H3/t14?,15-,16?,17?,18?,19?/m1/s1.